The number of esters is 4. The van der Waals surface area contributed by atoms with Crippen LogP contribution in [0.2, 0.25) is 0 Å². The first-order chi connectivity index (χ1) is 42.5. The SMILES string of the molecule is CCCCCCCCCCCCCCC(=O)OC[C@H](COP(=O)(O)OC[C@@H](O)COP(=O)(O)OC[C@@H](COC(=O)CCCCCCCCCCC)OC(=O)CCCCCCCCCCCCC)OC(=O)CCCCCCCCCCCCCCCC(C)C. The Bertz CT molecular complexity index is 1700. The van der Waals surface area contributed by atoms with Crippen LogP contribution >= 0.6 is 15.6 Å². The normalized spacial score (nSPS) is 14.1. The van der Waals surface area contributed by atoms with Crippen LogP contribution < -0.4 is 0 Å². The first kappa shape index (κ1) is 86.1. The van der Waals surface area contributed by atoms with Gasteiger partial charge in [0.2, 0.25) is 0 Å². The highest BCUT2D eigenvalue weighted by Crippen LogP contribution is 2.45. The second kappa shape index (κ2) is 62.5. The fraction of sp³-hybridized carbons (Fsp3) is 0.942. The Labute approximate surface area is 537 Å². The molecule has 0 bridgehead atoms. The molecular formula is C69H134O17P2. The molecule has 0 amide bonds. The summed E-state index contributed by atoms with van der Waals surface area (Å²) < 4.78 is 68.2. The summed E-state index contributed by atoms with van der Waals surface area (Å²) in [6.45, 7) is 7.24. The van der Waals surface area contributed by atoms with Gasteiger partial charge in [-0.2, -0.15) is 0 Å². The van der Waals surface area contributed by atoms with Crippen molar-refractivity contribution in [3.63, 3.8) is 0 Å². The van der Waals surface area contributed by atoms with Crippen molar-refractivity contribution in [1.82, 2.24) is 0 Å². The summed E-state index contributed by atoms with van der Waals surface area (Å²) in [7, 11) is -9.89. The van der Waals surface area contributed by atoms with E-state index in [1.165, 1.54) is 180 Å². The van der Waals surface area contributed by atoms with E-state index in [9.17, 15) is 43.2 Å². The highest BCUT2D eigenvalue weighted by Gasteiger charge is 2.30. The van der Waals surface area contributed by atoms with Crippen LogP contribution in [0.5, 0.6) is 0 Å². The Morgan fingerprint density at radius 3 is 0.773 bits per heavy atom. The van der Waals surface area contributed by atoms with Crippen molar-refractivity contribution in [3.05, 3.63) is 0 Å². The van der Waals surface area contributed by atoms with Gasteiger partial charge in [0, 0.05) is 25.7 Å². The molecule has 0 fully saturated rings. The van der Waals surface area contributed by atoms with Gasteiger partial charge in [0.1, 0.15) is 19.3 Å². The smallest absolute Gasteiger partial charge is 0.462 e. The Kier molecular flexibility index (Phi) is 61.1. The largest absolute Gasteiger partial charge is 0.472 e. The van der Waals surface area contributed by atoms with Gasteiger partial charge in [-0.15, -0.1) is 0 Å². The predicted molar refractivity (Wildman–Crippen MR) is 354 cm³/mol. The van der Waals surface area contributed by atoms with Crippen molar-refractivity contribution in [1.29, 1.82) is 0 Å². The van der Waals surface area contributed by atoms with Crippen molar-refractivity contribution in [2.45, 2.75) is 374 Å². The molecular weight excluding hydrogens is 1160 g/mol. The number of aliphatic hydroxyl groups excluding tert-OH is 1. The number of hydrogen-bond donors (Lipinski definition) is 3. The lowest BCUT2D eigenvalue weighted by atomic mass is 10.0. The van der Waals surface area contributed by atoms with Crippen molar-refractivity contribution >= 4 is 39.5 Å². The second-order valence-corrected chi connectivity index (χ2v) is 28.3. The average molecular weight is 1300 g/mol. The second-order valence-electron chi connectivity index (χ2n) is 25.4. The lowest BCUT2D eigenvalue weighted by Gasteiger charge is -2.21. The van der Waals surface area contributed by atoms with E-state index >= 15 is 0 Å². The number of hydrogen-bond acceptors (Lipinski definition) is 15. The Hall–Kier alpha value is -1.94. The van der Waals surface area contributed by atoms with Crippen LogP contribution in [0.1, 0.15) is 356 Å². The summed E-state index contributed by atoms with van der Waals surface area (Å²) in [6.07, 6.45) is 48.4. The summed E-state index contributed by atoms with van der Waals surface area (Å²) in [4.78, 5) is 72.4. The molecule has 0 radical (unpaired) electrons. The quantitative estimate of drug-likeness (QED) is 0.0222. The number of rotatable bonds is 69. The zero-order valence-corrected chi connectivity index (χ0v) is 58.6. The van der Waals surface area contributed by atoms with Gasteiger partial charge >= 0.3 is 39.5 Å². The Morgan fingerprint density at radius 2 is 0.523 bits per heavy atom. The molecule has 0 saturated heterocycles. The van der Waals surface area contributed by atoms with Crippen LogP contribution in [0.3, 0.4) is 0 Å². The van der Waals surface area contributed by atoms with Gasteiger partial charge in [0.15, 0.2) is 12.2 Å². The molecule has 0 spiro atoms. The number of phosphoric ester groups is 2. The van der Waals surface area contributed by atoms with Crippen molar-refractivity contribution in [3.8, 4) is 0 Å². The highest BCUT2D eigenvalue weighted by molar-refractivity contribution is 7.47. The number of phosphoric acid groups is 2. The number of unbranched alkanes of at least 4 members (excludes halogenated alkanes) is 41. The van der Waals surface area contributed by atoms with Gasteiger partial charge in [-0.3, -0.25) is 37.3 Å². The first-order valence-corrected chi connectivity index (χ1v) is 39.1. The monoisotopic (exact) mass is 1300 g/mol. The molecule has 5 atom stereocenters. The minimum Gasteiger partial charge on any atom is -0.462 e. The number of carbonyl (C=O) groups is 4. The highest BCUT2D eigenvalue weighted by atomic mass is 31.2. The standard InChI is InChI=1S/C69H134O17P2/c1-6-9-12-15-18-21-23-29-33-38-43-48-53-67(72)80-59-65(86-69(74)55-50-45-40-35-30-26-24-25-28-32-36-41-46-51-62(4)5)61-84-88(77,78)82-57-63(70)56-81-87(75,76)83-60-64(58-79-66(71)52-47-42-37-31-20-17-14-11-8-3)85-68(73)54-49-44-39-34-27-22-19-16-13-10-7-2/h62-65,70H,6-61H2,1-5H3,(H,75,76)(H,77,78)/t63-,64+,65+/m0/s1. The molecule has 3 N–H and O–H groups in total. The minimum absolute atomic E-state index is 0.107. The fourth-order valence-electron chi connectivity index (χ4n) is 10.5. The number of ether oxygens (including phenoxy) is 4. The van der Waals surface area contributed by atoms with Crippen molar-refractivity contribution < 1.29 is 80.2 Å². The third kappa shape index (κ3) is 62.8. The molecule has 88 heavy (non-hydrogen) atoms. The van der Waals surface area contributed by atoms with Crippen molar-refractivity contribution in [2.75, 3.05) is 39.6 Å². The summed E-state index contributed by atoms with van der Waals surface area (Å²) in [5, 5.41) is 10.6. The maximum absolute atomic E-state index is 13.0. The van der Waals surface area contributed by atoms with Crippen LogP contribution in [0.25, 0.3) is 0 Å². The molecule has 0 saturated carbocycles. The van der Waals surface area contributed by atoms with E-state index in [1.807, 2.05) is 0 Å². The van der Waals surface area contributed by atoms with Crippen LogP contribution in [-0.2, 0) is 65.4 Å². The maximum atomic E-state index is 13.0. The van der Waals surface area contributed by atoms with Gasteiger partial charge in [0.25, 0.3) is 0 Å². The van der Waals surface area contributed by atoms with E-state index in [4.69, 9.17) is 37.0 Å². The van der Waals surface area contributed by atoms with Crippen LogP contribution in [0.15, 0.2) is 0 Å². The summed E-state index contributed by atoms with van der Waals surface area (Å²) >= 11 is 0. The zero-order chi connectivity index (χ0) is 64.9. The third-order valence-electron chi connectivity index (χ3n) is 16.0. The van der Waals surface area contributed by atoms with Gasteiger partial charge in [-0.05, 0) is 31.6 Å². The molecule has 0 heterocycles. The minimum atomic E-state index is -4.95. The van der Waals surface area contributed by atoms with E-state index in [-0.39, 0.29) is 25.7 Å². The lowest BCUT2D eigenvalue weighted by molar-refractivity contribution is -0.161. The van der Waals surface area contributed by atoms with E-state index in [2.05, 4.69) is 34.6 Å². The topological polar surface area (TPSA) is 237 Å². The fourth-order valence-corrected chi connectivity index (χ4v) is 12.0. The molecule has 0 aliphatic carbocycles. The lowest BCUT2D eigenvalue weighted by Crippen LogP contribution is -2.30. The molecule has 17 nitrogen and oxygen atoms in total. The molecule has 522 valence electrons. The molecule has 19 heteroatoms. The van der Waals surface area contributed by atoms with E-state index in [1.54, 1.807) is 0 Å². The number of carbonyl (C=O) groups excluding carboxylic acids is 4. The van der Waals surface area contributed by atoms with Gasteiger partial charge in [-0.25, -0.2) is 9.13 Å². The number of aliphatic hydroxyl groups is 1. The summed E-state index contributed by atoms with van der Waals surface area (Å²) in [6, 6.07) is 0. The van der Waals surface area contributed by atoms with Crippen LogP contribution in [-0.4, -0.2) is 96.7 Å². The molecule has 0 aliphatic heterocycles. The Morgan fingerprint density at radius 1 is 0.307 bits per heavy atom. The van der Waals surface area contributed by atoms with Gasteiger partial charge in [0.05, 0.1) is 26.4 Å². The van der Waals surface area contributed by atoms with E-state index < -0.39 is 97.5 Å². The average Bonchev–Trinajstić information content (AvgIpc) is 3.58. The summed E-state index contributed by atoms with van der Waals surface area (Å²) in [5.41, 5.74) is 0. The molecule has 0 rings (SSSR count). The predicted octanol–water partition coefficient (Wildman–Crippen LogP) is 19.7. The first-order valence-electron chi connectivity index (χ1n) is 36.1. The van der Waals surface area contributed by atoms with Gasteiger partial charge < -0.3 is 33.8 Å². The van der Waals surface area contributed by atoms with Crippen LogP contribution in [0, 0.1) is 5.92 Å². The molecule has 2 unspecified atom stereocenters. The summed E-state index contributed by atoms with van der Waals surface area (Å²) in [5.74, 6) is -1.34. The molecule has 0 aromatic carbocycles. The van der Waals surface area contributed by atoms with E-state index in [0.717, 1.165) is 95.8 Å². The van der Waals surface area contributed by atoms with Crippen molar-refractivity contribution in [2.24, 2.45) is 5.92 Å². The molecule has 0 aromatic heterocycles. The van der Waals surface area contributed by atoms with Crippen LogP contribution in [0.4, 0.5) is 0 Å². The Balaban J connectivity index is 5.23. The maximum Gasteiger partial charge on any atom is 0.472 e. The molecule has 0 aromatic rings. The van der Waals surface area contributed by atoms with E-state index in [0.29, 0.717) is 25.7 Å². The van der Waals surface area contributed by atoms with Gasteiger partial charge in [-0.1, -0.05) is 304 Å². The third-order valence-corrected chi connectivity index (χ3v) is 17.9. The zero-order valence-electron chi connectivity index (χ0n) is 56.9. The molecule has 0 aliphatic rings.